The highest BCUT2D eigenvalue weighted by Gasteiger charge is 2.27. The maximum Gasteiger partial charge on any atom is 0.335 e. The predicted octanol–water partition coefficient (Wildman–Crippen LogP) is 1.94. The molecule has 1 amide bonds. The van der Waals surface area contributed by atoms with Gasteiger partial charge in [0.05, 0.1) is 17.2 Å². The molecule has 2 atom stereocenters. The number of carboxylic acid groups (broad SMARTS) is 1. The number of benzene rings is 1. The van der Waals surface area contributed by atoms with E-state index in [1.54, 1.807) is 0 Å². The Balaban J connectivity index is 2.14. The lowest BCUT2D eigenvalue weighted by molar-refractivity contribution is -0.120. The smallest absolute Gasteiger partial charge is 0.335 e. The summed E-state index contributed by atoms with van der Waals surface area (Å²) < 4.78 is 0. The number of nitrogens with one attached hydrogen (secondary N) is 1. The third-order valence-corrected chi connectivity index (χ3v) is 3.91. The van der Waals surface area contributed by atoms with Crippen molar-refractivity contribution in [1.29, 1.82) is 0 Å². The van der Waals surface area contributed by atoms with Crippen LogP contribution in [0.3, 0.4) is 0 Å². The summed E-state index contributed by atoms with van der Waals surface area (Å²) in [7, 11) is 0. The summed E-state index contributed by atoms with van der Waals surface area (Å²) >= 11 is 0. The molecule has 1 aliphatic rings. The van der Waals surface area contributed by atoms with E-state index in [-0.39, 0.29) is 34.9 Å². The van der Waals surface area contributed by atoms with Crippen LogP contribution in [0.25, 0.3) is 0 Å². The second kappa shape index (κ2) is 6.58. The molecule has 21 heavy (non-hydrogen) atoms. The fraction of sp³-hybridized carbons (Fsp3) is 0.467. The van der Waals surface area contributed by atoms with Crippen molar-refractivity contribution in [2.75, 3.05) is 5.32 Å². The molecule has 1 aromatic rings. The summed E-state index contributed by atoms with van der Waals surface area (Å²) in [6.07, 6.45) is 4.56. The number of aromatic hydroxyl groups is 1. The molecule has 6 heteroatoms. The Morgan fingerprint density at radius 2 is 1.90 bits per heavy atom. The number of hydrogen-bond acceptors (Lipinski definition) is 4. The molecule has 0 spiro atoms. The summed E-state index contributed by atoms with van der Waals surface area (Å²) in [5.41, 5.74) is 6.15. The molecule has 0 saturated heterocycles. The largest absolute Gasteiger partial charge is 0.506 e. The van der Waals surface area contributed by atoms with Crippen LogP contribution in [0.1, 0.15) is 42.5 Å². The predicted molar refractivity (Wildman–Crippen MR) is 78.2 cm³/mol. The van der Waals surface area contributed by atoms with Gasteiger partial charge in [-0.1, -0.05) is 19.3 Å². The van der Waals surface area contributed by atoms with Crippen LogP contribution in [0.15, 0.2) is 18.2 Å². The topological polar surface area (TPSA) is 113 Å². The lowest BCUT2D eigenvalue weighted by Crippen LogP contribution is -2.37. The second-order valence-electron chi connectivity index (χ2n) is 5.43. The molecular weight excluding hydrogens is 272 g/mol. The number of carbonyl (C=O) groups excluding carboxylic acids is 1. The van der Waals surface area contributed by atoms with Gasteiger partial charge in [-0.05, 0) is 31.0 Å². The van der Waals surface area contributed by atoms with Crippen LogP contribution in [0.2, 0.25) is 0 Å². The van der Waals surface area contributed by atoms with Crippen LogP contribution in [-0.4, -0.2) is 28.1 Å². The first-order valence-electron chi connectivity index (χ1n) is 7.12. The average molecular weight is 292 g/mol. The normalized spacial score (nSPS) is 22.3. The molecule has 114 valence electrons. The Morgan fingerprint density at radius 3 is 2.62 bits per heavy atom. The number of phenols is 1. The third kappa shape index (κ3) is 3.72. The van der Waals surface area contributed by atoms with Crippen LogP contribution >= 0.6 is 0 Å². The molecule has 2 rings (SSSR count). The molecule has 0 aromatic heterocycles. The van der Waals surface area contributed by atoms with Crippen molar-refractivity contribution in [3.63, 3.8) is 0 Å². The number of hydrogen-bond donors (Lipinski definition) is 4. The van der Waals surface area contributed by atoms with Gasteiger partial charge in [0.1, 0.15) is 5.75 Å². The fourth-order valence-corrected chi connectivity index (χ4v) is 2.66. The lowest BCUT2D eigenvalue weighted by Gasteiger charge is -2.21. The van der Waals surface area contributed by atoms with E-state index >= 15 is 0 Å². The Morgan fingerprint density at radius 1 is 1.19 bits per heavy atom. The number of anilines is 1. The summed E-state index contributed by atoms with van der Waals surface area (Å²) in [4.78, 5) is 23.2. The van der Waals surface area contributed by atoms with Crippen molar-refractivity contribution < 1.29 is 19.8 Å². The molecule has 5 N–H and O–H groups in total. The summed E-state index contributed by atoms with van der Waals surface area (Å²) in [5, 5.41) is 21.3. The van der Waals surface area contributed by atoms with Crippen molar-refractivity contribution in [1.82, 2.24) is 0 Å². The van der Waals surface area contributed by atoms with Crippen LogP contribution in [0, 0.1) is 5.92 Å². The van der Waals surface area contributed by atoms with Crippen molar-refractivity contribution in [2.24, 2.45) is 11.7 Å². The number of carboxylic acids is 1. The van der Waals surface area contributed by atoms with E-state index in [1.165, 1.54) is 18.2 Å². The Bertz CT molecular complexity index is 544. The maximum absolute atomic E-state index is 12.3. The standard InChI is InChI=1S/C15H20N2O4/c16-11-5-3-1-2-4-10(11)14(19)17-12-8-9(15(20)21)6-7-13(12)18/h6-8,10-11,18H,1-5,16H2,(H,17,19)(H,20,21). The number of rotatable bonds is 3. The van der Waals surface area contributed by atoms with Gasteiger partial charge >= 0.3 is 5.97 Å². The molecular formula is C15H20N2O4. The highest BCUT2D eigenvalue weighted by Crippen LogP contribution is 2.27. The Hall–Kier alpha value is -2.08. The van der Waals surface area contributed by atoms with E-state index < -0.39 is 5.97 Å². The number of nitrogens with two attached hydrogens (primary N) is 1. The maximum atomic E-state index is 12.3. The second-order valence-corrected chi connectivity index (χ2v) is 5.43. The summed E-state index contributed by atoms with van der Waals surface area (Å²) in [6, 6.07) is 3.59. The minimum atomic E-state index is -1.11. The zero-order chi connectivity index (χ0) is 15.4. The molecule has 1 aromatic carbocycles. The first-order valence-corrected chi connectivity index (χ1v) is 7.12. The van der Waals surface area contributed by atoms with Crippen molar-refractivity contribution in [3.8, 4) is 5.75 Å². The zero-order valence-corrected chi connectivity index (χ0v) is 11.7. The number of carbonyl (C=O) groups is 2. The molecule has 0 bridgehead atoms. The lowest BCUT2D eigenvalue weighted by atomic mass is 9.94. The van der Waals surface area contributed by atoms with Crippen LogP contribution in [-0.2, 0) is 4.79 Å². The highest BCUT2D eigenvalue weighted by atomic mass is 16.4. The molecule has 0 radical (unpaired) electrons. The molecule has 0 aliphatic heterocycles. The Labute approximate surface area is 123 Å². The summed E-state index contributed by atoms with van der Waals surface area (Å²) in [6.45, 7) is 0. The third-order valence-electron chi connectivity index (χ3n) is 3.91. The van der Waals surface area contributed by atoms with Crippen LogP contribution in [0.4, 0.5) is 5.69 Å². The minimum absolute atomic E-state index is 0.00765. The van der Waals surface area contributed by atoms with Gasteiger partial charge in [-0.25, -0.2) is 4.79 Å². The molecule has 1 aliphatic carbocycles. The van der Waals surface area contributed by atoms with Gasteiger partial charge in [0.2, 0.25) is 5.91 Å². The molecule has 0 heterocycles. The van der Waals surface area contributed by atoms with Gasteiger partial charge in [-0.15, -0.1) is 0 Å². The van der Waals surface area contributed by atoms with Gasteiger partial charge in [0.15, 0.2) is 0 Å². The van der Waals surface area contributed by atoms with E-state index in [1.807, 2.05) is 0 Å². The monoisotopic (exact) mass is 292 g/mol. The average Bonchev–Trinajstić information content (AvgIpc) is 2.65. The Kier molecular flexibility index (Phi) is 4.80. The van der Waals surface area contributed by atoms with E-state index in [2.05, 4.69) is 5.32 Å². The van der Waals surface area contributed by atoms with Gasteiger partial charge in [0, 0.05) is 6.04 Å². The van der Waals surface area contributed by atoms with Gasteiger partial charge < -0.3 is 21.3 Å². The molecule has 1 saturated carbocycles. The number of aromatic carboxylic acids is 1. The van der Waals surface area contributed by atoms with Crippen molar-refractivity contribution >= 4 is 17.6 Å². The highest BCUT2D eigenvalue weighted by molar-refractivity contribution is 5.96. The molecule has 6 nitrogen and oxygen atoms in total. The molecule has 2 unspecified atom stereocenters. The van der Waals surface area contributed by atoms with Crippen LogP contribution in [0.5, 0.6) is 5.75 Å². The molecule has 1 fully saturated rings. The first-order chi connectivity index (χ1) is 9.99. The quantitative estimate of drug-likeness (QED) is 0.502. The van der Waals surface area contributed by atoms with E-state index in [0.717, 1.165) is 25.7 Å². The van der Waals surface area contributed by atoms with Crippen LogP contribution < -0.4 is 11.1 Å². The summed E-state index contributed by atoms with van der Waals surface area (Å²) in [5.74, 6) is -1.84. The minimum Gasteiger partial charge on any atom is -0.506 e. The van der Waals surface area contributed by atoms with Gasteiger partial charge in [0.25, 0.3) is 0 Å². The number of amides is 1. The number of phenolic OH excluding ortho intramolecular Hbond substituents is 1. The van der Waals surface area contributed by atoms with Crippen molar-refractivity contribution in [3.05, 3.63) is 23.8 Å². The van der Waals surface area contributed by atoms with E-state index in [4.69, 9.17) is 10.8 Å². The van der Waals surface area contributed by atoms with Crippen molar-refractivity contribution in [2.45, 2.75) is 38.1 Å². The van der Waals surface area contributed by atoms with Gasteiger partial charge in [-0.2, -0.15) is 0 Å². The fourth-order valence-electron chi connectivity index (χ4n) is 2.66. The van der Waals surface area contributed by atoms with Gasteiger partial charge in [-0.3, -0.25) is 4.79 Å². The van der Waals surface area contributed by atoms with E-state index in [0.29, 0.717) is 6.42 Å². The zero-order valence-electron chi connectivity index (χ0n) is 11.7. The SMILES string of the molecule is NC1CCCCCC1C(=O)Nc1cc(C(=O)O)ccc1O. The first kappa shape index (κ1) is 15.3. The van der Waals surface area contributed by atoms with E-state index in [9.17, 15) is 14.7 Å².